The summed E-state index contributed by atoms with van der Waals surface area (Å²) in [4.78, 5) is 16.3. The zero-order valence-electron chi connectivity index (χ0n) is 21.9. The van der Waals surface area contributed by atoms with Gasteiger partial charge in [0.2, 0.25) is 0 Å². The van der Waals surface area contributed by atoms with Crippen LogP contribution in [0.15, 0.2) is 65.6 Å². The van der Waals surface area contributed by atoms with Gasteiger partial charge in [-0.15, -0.1) is 0 Å². The average molecular weight is 542 g/mol. The van der Waals surface area contributed by atoms with Gasteiger partial charge in [0.05, 0.1) is 11.0 Å². The zero-order chi connectivity index (χ0) is 26.6. The summed E-state index contributed by atoms with van der Waals surface area (Å²) in [6.07, 6.45) is -0.800. The molecule has 2 aliphatic heterocycles. The van der Waals surface area contributed by atoms with Crippen molar-refractivity contribution in [3.05, 3.63) is 60.7 Å². The predicted molar refractivity (Wildman–Crippen MR) is 142 cm³/mol. The van der Waals surface area contributed by atoms with E-state index < -0.39 is 64.7 Å². The summed E-state index contributed by atoms with van der Waals surface area (Å²) < 4.78 is 40.8. The maximum atomic E-state index is 14.7. The van der Waals surface area contributed by atoms with Gasteiger partial charge in [-0.25, -0.2) is 8.42 Å². The second-order valence-corrected chi connectivity index (χ2v) is 19.5. The van der Waals surface area contributed by atoms with Crippen LogP contribution in [0.25, 0.3) is 0 Å². The Morgan fingerprint density at radius 1 is 1.03 bits per heavy atom. The van der Waals surface area contributed by atoms with E-state index >= 15 is 0 Å². The number of amides is 1. The largest absolute Gasteiger partial charge is 0.414 e. The number of rotatable bonds is 5. The van der Waals surface area contributed by atoms with Crippen molar-refractivity contribution in [3.8, 4) is 0 Å². The number of fused-ring (bicyclic) bond motifs is 1. The molecule has 2 heterocycles. The van der Waals surface area contributed by atoms with Gasteiger partial charge in [-0.2, -0.15) is 0 Å². The molecule has 3 saturated carbocycles. The van der Waals surface area contributed by atoms with Gasteiger partial charge in [0.25, 0.3) is 5.91 Å². The number of ether oxygens (including phenoxy) is 1. The highest BCUT2D eigenvalue weighted by Crippen LogP contribution is 2.70. The number of nitrogens with zero attached hydrogens (tertiary/aromatic N) is 1. The van der Waals surface area contributed by atoms with Crippen molar-refractivity contribution in [2.75, 3.05) is 4.90 Å². The lowest BCUT2D eigenvalue weighted by atomic mass is 9.56. The van der Waals surface area contributed by atoms with Gasteiger partial charge < -0.3 is 14.3 Å². The second kappa shape index (κ2) is 7.76. The molecule has 1 amide bonds. The molecule has 2 aromatic carbocycles. The molecule has 7 rings (SSSR count). The Hall–Kier alpha value is -2.04. The van der Waals surface area contributed by atoms with E-state index in [0.29, 0.717) is 12.1 Å². The topological polar surface area (TPSA) is 93.1 Å². The normalized spacial score (nSPS) is 36.9. The first-order valence-electron chi connectivity index (χ1n) is 13.0. The highest BCUT2D eigenvalue weighted by Gasteiger charge is 2.84. The van der Waals surface area contributed by atoms with E-state index in [9.17, 15) is 18.3 Å². The highest BCUT2D eigenvalue weighted by atomic mass is 32.2. The smallest absolute Gasteiger partial charge is 0.251 e. The number of anilines is 1. The number of carbonyl (C=O) groups excluding carboxylic acids is 1. The molecule has 2 saturated heterocycles. The first kappa shape index (κ1) is 25.2. The Kier molecular flexibility index (Phi) is 5.29. The summed E-state index contributed by atoms with van der Waals surface area (Å²) in [6, 6.07) is 17.3. The molecule has 2 aromatic rings. The lowest BCUT2D eigenvalue weighted by Crippen LogP contribution is -2.71. The van der Waals surface area contributed by atoms with Crippen LogP contribution in [0.1, 0.15) is 33.6 Å². The van der Waals surface area contributed by atoms with Crippen molar-refractivity contribution in [1.29, 1.82) is 0 Å². The fourth-order valence-corrected chi connectivity index (χ4v) is 10.9. The fraction of sp³-hybridized carbons (Fsp3) is 0.536. The van der Waals surface area contributed by atoms with Gasteiger partial charge in [0, 0.05) is 29.9 Å². The quantitative estimate of drug-likeness (QED) is 0.566. The molecule has 198 valence electrons. The van der Waals surface area contributed by atoms with Crippen LogP contribution in [0.5, 0.6) is 0 Å². The third-order valence-electron chi connectivity index (χ3n) is 9.73. The van der Waals surface area contributed by atoms with Gasteiger partial charge >= 0.3 is 0 Å². The van der Waals surface area contributed by atoms with Gasteiger partial charge in [0.1, 0.15) is 6.23 Å². The maximum absolute atomic E-state index is 14.7. The van der Waals surface area contributed by atoms with Gasteiger partial charge in [0.15, 0.2) is 28.7 Å². The van der Waals surface area contributed by atoms with Crippen molar-refractivity contribution in [1.82, 2.24) is 0 Å². The summed E-state index contributed by atoms with van der Waals surface area (Å²) in [5.74, 6) is -3.94. The summed E-state index contributed by atoms with van der Waals surface area (Å²) in [5, 5.41) is 11.6. The maximum Gasteiger partial charge on any atom is 0.251 e. The third kappa shape index (κ3) is 3.15. The third-order valence-corrected chi connectivity index (χ3v) is 16.8. The second-order valence-electron chi connectivity index (χ2n) is 12.6. The van der Waals surface area contributed by atoms with Crippen LogP contribution in [0, 0.1) is 17.8 Å². The zero-order valence-corrected chi connectivity index (χ0v) is 23.7. The van der Waals surface area contributed by atoms with Crippen LogP contribution in [-0.4, -0.2) is 50.6 Å². The number of benzene rings is 2. The first-order chi connectivity index (χ1) is 17.3. The summed E-state index contributed by atoms with van der Waals surface area (Å²) >= 11 is 0. The predicted octanol–water partition coefficient (Wildman–Crippen LogP) is 4.34. The SMILES string of the molecule is CC(C)(C)[Si](C)(C)O[C@@H]1C[C@H]2[C@@H]3[C@@H]4O[C@@]2(O)C[C@H]1[C@@]3(S(=O)(=O)c1ccccc1)C(=O)N4c1ccccc1. The molecule has 1 N–H and O–H groups in total. The van der Waals surface area contributed by atoms with Crippen LogP contribution in [0.4, 0.5) is 5.69 Å². The summed E-state index contributed by atoms with van der Waals surface area (Å²) in [7, 11) is -6.51. The Bertz CT molecular complexity index is 1340. The number of para-hydroxylation sites is 1. The fourth-order valence-electron chi connectivity index (χ4n) is 7.07. The monoisotopic (exact) mass is 541 g/mol. The van der Waals surface area contributed by atoms with Gasteiger partial charge in [-0.1, -0.05) is 57.2 Å². The Balaban J connectivity index is 1.57. The van der Waals surface area contributed by atoms with Crippen LogP contribution in [0.3, 0.4) is 0 Å². The van der Waals surface area contributed by atoms with Crippen LogP contribution in [-0.2, 0) is 23.8 Å². The molecule has 9 heteroatoms. The van der Waals surface area contributed by atoms with E-state index in [-0.39, 0.29) is 16.4 Å². The summed E-state index contributed by atoms with van der Waals surface area (Å²) in [6.45, 7) is 10.7. The number of hydrogen-bond donors (Lipinski definition) is 1. The molecular formula is C28H35NO6SSi. The average Bonchev–Trinajstić information content (AvgIpc) is 3.22. The van der Waals surface area contributed by atoms with Crippen molar-refractivity contribution >= 4 is 29.7 Å². The van der Waals surface area contributed by atoms with Gasteiger partial charge in [-0.05, 0) is 48.8 Å². The molecule has 5 aliphatic rings. The molecular weight excluding hydrogens is 506 g/mol. The molecule has 7 atom stereocenters. The molecule has 0 unspecified atom stereocenters. The lowest BCUT2D eigenvalue weighted by Gasteiger charge is -2.58. The number of aliphatic hydroxyl groups is 1. The van der Waals surface area contributed by atoms with Crippen LogP contribution in [0.2, 0.25) is 18.1 Å². The number of hydrogen-bond acceptors (Lipinski definition) is 6. The van der Waals surface area contributed by atoms with E-state index in [4.69, 9.17) is 9.16 Å². The molecule has 5 fully saturated rings. The van der Waals surface area contributed by atoms with E-state index in [1.807, 2.05) is 18.2 Å². The van der Waals surface area contributed by atoms with E-state index in [2.05, 4.69) is 33.9 Å². The Morgan fingerprint density at radius 2 is 1.62 bits per heavy atom. The molecule has 0 aromatic heterocycles. The first-order valence-corrected chi connectivity index (χ1v) is 17.4. The lowest BCUT2D eigenvalue weighted by molar-refractivity contribution is -0.256. The number of carbonyl (C=O) groups is 1. The molecule has 7 nitrogen and oxygen atoms in total. The standard InChI is InChI=1S/C28H35NO6SSi/c1-26(2,3)37(4,5)35-22-16-20-23-24-29(18-12-8-6-9-13-18)25(30)28(23,21(22)17-27(20,31)34-24)36(32,33)19-14-10-7-11-15-19/h6-15,20-24,31H,16-17H2,1-5H3/t20-,21+,22+,23+,24-,27-,28-/m0/s1. The molecule has 0 radical (unpaired) electrons. The minimum atomic E-state index is -4.19. The van der Waals surface area contributed by atoms with Crippen LogP contribution >= 0.6 is 0 Å². The van der Waals surface area contributed by atoms with Crippen molar-refractivity contribution in [3.63, 3.8) is 0 Å². The van der Waals surface area contributed by atoms with E-state index in [1.54, 1.807) is 42.5 Å². The minimum Gasteiger partial charge on any atom is -0.414 e. The minimum absolute atomic E-state index is 0.0599. The van der Waals surface area contributed by atoms with Crippen molar-refractivity contribution in [2.24, 2.45) is 17.8 Å². The highest BCUT2D eigenvalue weighted by molar-refractivity contribution is 7.93. The Morgan fingerprint density at radius 3 is 2.22 bits per heavy atom. The number of sulfone groups is 1. The molecule has 0 spiro atoms. The molecule has 3 aliphatic carbocycles. The summed E-state index contributed by atoms with van der Waals surface area (Å²) in [5.41, 5.74) is 0.569. The molecule has 37 heavy (non-hydrogen) atoms. The van der Waals surface area contributed by atoms with Crippen LogP contribution < -0.4 is 4.90 Å². The van der Waals surface area contributed by atoms with Crippen molar-refractivity contribution < 1.29 is 27.5 Å². The van der Waals surface area contributed by atoms with Crippen molar-refractivity contribution in [2.45, 2.75) is 79.5 Å². The van der Waals surface area contributed by atoms with Gasteiger partial charge in [-0.3, -0.25) is 9.69 Å². The molecule has 4 bridgehead atoms. The van der Waals surface area contributed by atoms with E-state index in [0.717, 1.165) is 0 Å². The Labute approximate surface area is 219 Å². The van der Waals surface area contributed by atoms with E-state index in [1.165, 1.54) is 4.90 Å².